The lowest BCUT2D eigenvalue weighted by molar-refractivity contribution is -0.157. The molecule has 160 valence electrons. The predicted molar refractivity (Wildman–Crippen MR) is 106 cm³/mol. The molecule has 30 heavy (non-hydrogen) atoms. The van der Waals surface area contributed by atoms with Crippen molar-refractivity contribution in [2.45, 2.75) is 44.4 Å². The second-order valence-electron chi connectivity index (χ2n) is 7.10. The van der Waals surface area contributed by atoms with Gasteiger partial charge >= 0.3 is 11.9 Å². The molecule has 1 aliphatic carbocycles. The van der Waals surface area contributed by atoms with E-state index in [1.807, 2.05) is 0 Å². The molecule has 0 radical (unpaired) electrons. The zero-order valence-corrected chi connectivity index (χ0v) is 17.1. The van der Waals surface area contributed by atoms with Crippen molar-refractivity contribution >= 4 is 17.8 Å². The first-order valence-corrected chi connectivity index (χ1v) is 10.0. The third-order valence-electron chi connectivity index (χ3n) is 5.20. The number of aromatic nitrogens is 3. The van der Waals surface area contributed by atoms with E-state index < -0.39 is 17.9 Å². The lowest BCUT2D eigenvalue weighted by Crippen LogP contribution is -2.42. The van der Waals surface area contributed by atoms with E-state index in [2.05, 4.69) is 20.5 Å². The summed E-state index contributed by atoms with van der Waals surface area (Å²) in [7, 11) is 0. The van der Waals surface area contributed by atoms with Crippen LogP contribution in [0.2, 0.25) is 0 Å². The van der Waals surface area contributed by atoms with Gasteiger partial charge in [0.2, 0.25) is 0 Å². The number of pyridine rings is 1. The molecule has 1 saturated carbocycles. The molecular weight excluding hydrogens is 391 g/mol. The fourth-order valence-electron chi connectivity index (χ4n) is 3.52. The molecule has 8 nitrogen and oxygen atoms in total. The van der Waals surface area contributed by atoms with Crippen molar-refractivity contribution in [2.24, 2.45) is 0 Å². The Morgan fingerprint density at radius 2 is 1.83 bits per heavy atom. The van der Waals surface area contributed by atoms with Crippen LogP contribution in [0.1, 0.15) is 50.4 Å². The lowest BCUT2D eigenvalue weighted by atomic mass is 9.66. The molecule has 0 bridgehead atoms. The topological polar surface area (TPSA) is 103 Å². The van der Waals surface area contributed by atoms with Crippen LogP contribution in [0.25, 0.3) is 0 Å². The normalized spacial score (nSPS) is 14.7. The maximum absolute atomic E-state index is 14.2. The van der Waals surface area contributed by atoms with E-state index in [9.17, 15) is 14.0 Å². The summed E-state index contributed by atoms with van der Waals surface area (Å²) in [4.78, 5) is 28.6. The first kappa shape index (κ1) is 21.6. The number of rotatable bonds is 9. The molecule has 0 aromatic carbocycles. The van der Waals surface area contributed by atoms with Crippen LogP contribution in [0.5, 0.6) is 0 Å². The maximum atomic E-state index is 14.2. The number of carbonyl (C=O) groups excluding carboxylic acids is 2. The van der Waals surface area contributed by atoms with Crippen molar-refractivity contribution in [2.75, 3.05) is 25.1 Å². The predicted octanol–water partition coefficient (Wildman–Crippen LogP) is 2.75. The number of nitrogens with zero attached hydrogens (tertiary/aromatic N) is 3. The van der Waals surface area contributed by atoms with Gasteiger partial charge in [-0.15, -0.1) is 5.10 Å². The summed E-state index contributed by atoms with van der Waals surface area (Å²) >= 11 is 0. The van der Waals surface area contributed by atoms with Gasteiger partial charge in [-0.3, -0.25) is 14.6 Å². The summed E-state index contributed by atoms with van der Waals surface area (Å²) in [5.74, 6) is -2.61. The Hall–Kier alpha value is -3.10. The number of halogens is 1. The van der Waals surface area contributed by atoms with Crippen molar-refractivity contribution in [3.8, 4) is 0 Å². The summed E-state index contributed by atoms with van der Waals surface area (Å²) in [5.41, 5.74) is 0.217. The smallest absolute Gasteiger partial charge is 0.326 e. The zero-order valence-electron chi connectivity index (χ0n) is 17.1. The van der Waals surface area contributed by atoms with Gasteiger partial charge in [0.05, 0.1) is 24.6 Å². The van der Waals surface area contributed by atoms with E-state index in [-0.39, 0.29) is 30.1 Å². The highest BCUT2D eigenvalue weighted by Gasteiger charge is 2.42. The fourth-order valence-corrected chi connectivity index (χ4v) is 3.52. The Kier molecular flexibility index (Phi) is 6.91. The summed E-state index contributed by atoms with van der Waals surface area (Å²) in [6, 6.07) is 6.14. The SMILES string of the molecule is CCOC(=O)C(C(=O)OCC)c1ccc(NCC2(c3ncccc3F)CCC2)nn1. The first-order valence-electron chi connectivity index (χ1n) is 10.0. The number of esters is 2. The summed E-state index contributed by atoms with van der Waals surface area (Å²) < 4.78 is 24.2. The van der Waals surface area contributed by atoms with Gasteiger partial charge in [0.1, 0.15) is 11.6 Å². The van der Waals surface area contributed by atoms with Gasteiger partial charge in [-0.05, 0) is 51.0 Å². The fraction of sp³-hybridized carbons (Fsp3) is 0.476. The van der Waals surface area contributed by atoms with Crippen molar-refractivity contribution in [1.82, 2.24) is 15.2 Å². The van der Waals surface area contributed by atoms with E-state index in [0.717, 1.165) is 19.3 Å². The second-order valence-corrected chi connectivity index (χ2v) is 7.10. The monoisotopic (exact) mass is 416 g/mol. The van der Waals surface area contributed by atoms with Gasteiger partial charge in [-0.2, -0.15) is 5.10 Å². The Morgan fingerprint density at radius 3 is 2.33 bits per heavy atom. The van der Waals surface area contributed by atoms with Crippen LogP contribution < -0.4 is 5.32 Å². The lowest BCUT2D eigenvalue weighted by Gasteiger charge is -2.41. The van der Waals surface area contributed by atoms with Crippen molar-refractivity contribution in [3.05, 3.63) is 47.7 Å². The second kappa shape index (κ2) is 9.60. The molecule has 9 heteroatoms. The van der Waals surface area contributed by atoms with E-state index in [1.54, 1.807) is 32.2 Å². The molecule has 1 fully saturated rings. The number of nitrogens with one attached hydrogen (secondary N) is 1. The van der Waals surface area contributed by atoms with Crippen LogP contribution >= 0.6 is 0 Å². The van der Waals surface area contributed by atoms with Crippen molar-refractivity contribution < 1.29 is 23.5 Å². The van der Waals surface area contributed by atoms with Gasteiger partial charge in [0, 0.05) is 18.2 Å². The molecule has 1 N–H and O–H groups in total. The number of carbonyl (C=O) groups is 2. The van der Waals surface area contributed by atoms with E-state index >= 15 is 0 Å². The molecule has 0 amide bonds. The zero-order chi connectivity index (χ0) is 21.6. The number of anilines is 1. The molecule has 3 rings (SSSR count). The highest BCUT2D eigenvalue weighted by Crippen LogP contribution is 2.43. The molecule has 0 unspecified atom stereocenters. The van der Waals surface area contributed by atoms with E-state index in [4.69, 9.17) is 9.47 Å². The number of ether oxygens (including phenoxy) is 2. The highest BCUT2D eigenvalue weighted by molar-refractivity contribution is 6.00. The summed E-state index contributed by atoms with van der Waals surface area (Å²) in [6.45, 7) is 4.02. The largest absolute Gasteiger partial charge is 0.465 e. The molecule has 0 spiro atoms. The van der Waals surface area contributed by atoms with Crippen LogP contribution in [-0.4, -0.2) is 46.9 Å². The minimum absolute atomic E-state index is 0.133. The van der Waals surface area contributed by atoms with Crippen molar-refractivity contribution in [1.29, 1.82) is 0 Å². The molecule has 2 heterocycles. The molecular formula is C21H25FN4O4. The number of hydrogen-bond acceptors (Lipinski definition) is 8. The first-order chi connectivity index (χ1) is 14.5. The van der Waals surface area contributed by atoms with Crippen LogP contribution in [-0.2, 0) is 24.5 Å². The number of hydrogen-bond donors (Lipinski definition) is 1. The van der Waals surface area contributed by atoms with Crippen LogP contribution in [0.4, 0.5) is 10.2 Å². The quantitative estimate of drug-likeness (QED) is 0.492. The Bertz CT molecular complexity index is 869. The molecule has 2 aromatic heterocycles. The van der Waals surface area contributed by atoms with Crippen LogP contribution in [0.15, 0.2) is 30.5 Å². The van der Waals surface area contributed by atoms with Gasteiger partial charge in [-0.1, -0.05) is 6.42 Å². The molecule has 0 aliphatic heterocycles. The summed E-state index contributed by atoms with van der Waals surface area (Å²) in [6.07, 6.45) is 4.25. The van der Waals surface area contributed by atoms with Crippen LogP contribution in [0.3, 0.4) is 0 Å². The van der Waals surface area contributed by atoms with Gasteiger partial charge < -0.3 is 14.8 Å². The molecule has 0 atom stereocenters. The standard InChI is InChI=1S/C21H25FN4O4/c1-3-29-19(27)17(20(28)30-4-2)15-8-9-16(26-25-15)24-13-21(10-6-11-21)18-14(22)7-5-12-23-18/h5,7-9,12,17H,3-4,6,10-11,13H2,1-2H3,(H,24,26). The third kappa shape index (κ3) is 4.55. The van der Waals surface area contributed by atoms with Gasteiger partial charge in [0.25, 0.3) is 0 Å². The minimum Gasteiger partial charge on any atom is -0.465 e. The van der Waals surface area contributed by atoms with Crippen molar-refractivity contribution in [3.63, 3.8) is 0 Å². The summed E-state index contributed by atoms with van der Waals surface area (Å²) in [5, 5.41) is 11.3. The van der Waals surface area contributed by atoms with E-state index in [1.165, 1.54) is 12.1 Å². The molecule has 0 saturated heterocycles. The van der Waals surface area contributed by atoms with E-state index in [0.29, 0.717) is 18.1 Å². The Labute approximate surface area is 174 Å². The van der Waals surface area contributed by atoms with Gasteiger partial charge in [0.15, 0.2) is 5.92 Å². The average Bonchev–Trinajstić information content (AvgIpc) is 2.70. The van der Waals surface area contributed by atoms with Crippen LogP contribution in [0, 0.1) is 5.82 Å². The third-order valence-corrected chi connectivity index (χ3v) is 5.20. The maximum Gasteiger partial charge on any atom is 0.326 e. The Balaban J connectivity index is 1.72. The average molecular weight is 416 g/mol. The minimum atomic E-state index is -1.29. The Morgan fingerprint density at radius 1 is 1.13 bits per heavy atom. The molecule has 1 aliphatic rings. The molecule has 2 aromatic rings. The van der Waals surface area contributed by atoms with Gasteiger partial charge in [-0.25, -0.2) is 4.39 Å². The highest BCUT2D eigenvalue weighted by atomic mass is 19.1.